The van der Waals surface area contributed by atoms with E-state index in [2.05, 4.69) is 4.74 Å². The van der Waals surface area contributed by atoms with Gasteiger partial charge in [-0.05, 0) is 38.0 Å². The van der Waals surface area contributed by atoms with Crippen molar-refractivity contribution in [2.45, 2.75) is 33.3 Å². The average Bonchev–Trinajstić information content (AvgIpc) is 2.45. The molecule has 0 saturated heterocycles. The molecular weight excluding hydrogens is 298 g/mol. The van der Waals surface area contributed by atoms with Crippen LogP contribution >= 0.6 is 0 Å². The lowest BCUT2D eigenvalue weighted by atomic mass is 10.1. The van der Waals surface area contributed by atoms with Gasteiger partial charge in [0.15, 0.2) is 0 Å². The maximum Gasteiger partial charge on any atom is 0.387 e. The summed E-state index contributed by atoms with van der Waals surface area (Å²) in [6.07, 6.45) is 0.205. The van der Waals surface area contributed by atoms with Gasteiger partial charge >= 0.3 is 18.6 Å². The number of hydrogen-bond donors (Lipinski definition) is 0. The summed E-state index contributed by atoms with van der Waals surface area (Å²) < 4.78 is 38.9. The molecule has 0 atom stereocenters. The van der Waals surface area contributed by atoms with Crippen LogP contribution in [0.1, 0.15) is 36.2 Å². The Morgan fingerprint density at radius 1 is 1.14 bits per heavy atom. The van der Waals surface area contributed by atoms with Gasteiger partial charge in [0.25, 0.3) is 0 Å². The largest absolute Gasteiger partial charge is 0.466 e. The van der Waals surface area contributed by atoms with E-state index in [1.165, 1.54) is 18.2 Å². The first-order valence-corrected chi connectivity index (χ1v) is 6.88. The third kappa shape index (κ3) is 5.67. The molecule has 22 heavy (non-hydrogen) atoms. The zero-order valence-electron chi connectivity index (χ0n) is 12.4. The number of carbonyl (C=O) groups excluding carboxylic acids is 2. The Morgan fingerprint density at radius 2 is 1.82 bits per heavy atom. The smallest absolute Gasteiger partial charge is 0.387 e. The number of carbonyl (C=O) groups is 2. The maximum atomic E-state index is 12.5. The summed E-state index contributed by atoms with van der Waals surface area (Å²) in [5.41, 5.74) is 0.499. The Bertz CT molecular complexity index is 517. The van der Waals surface area contributed by atoms with Crippen molar-refractivity contribution in [3.8, 4) is 5.75 Å². The molecule has 1 rings (SSSR count). The molecule has 0 aliphatic heterocycles. The van der Waals surface area contributed by atoms with Gasteiger partial charge in [-0.1, -0.05) is 6.07 Å². The van der Waals surface area contributed by atoms with Crippen molar-refractivity contribution in [2.24, 2.45) is 0 Å². The summed E-state index contributed by atoms with van der Waals surface area (Å²) in [5.74, 6) is -1.21. The molecule has 0 unspecified atom stereocenters. The number of benzene rings is 1. The second kappa shape index (κ2) is 8.96. The van der Waals surface area contributed by atoms with Gasteiger partial charge in [0.1, 0.15) is 5.75 Å². The van der Waals surface area contributed by atoms with Crippen molar-refractivity contribution in [3.05, 3.63) is 29.3 Å². The molecule has 7 heteroatoms. The van der Waals surface area contributed by atoms with Crippen LogP contribution in [0.15, 0.2) is 18.2 Å². The van der Waals surface area contributed by atoms with Crippen LogP contribution in [0.5, 0.6) is 5.75 Å². The van der Waals surface area contributed by atoms with Crippen LogP contribution in [0.4, 0.5) is 8.78 Å². The van der Waals surface area contributed by atoms with Crippen LogP contribution in [0.25, 0.3) is 0 Å². The molecule has 0 aliphatic carbocycles. The maximum absolute atomic E-state index is 12.5. The molecule has 0 amide bonds. The highest BCUT2D eigenvalue weighted by Crippen LogP contribution is 2.24. The van der Waals surface area contributed by atoms with E-state index >= 15 is 0 Å². The highest BCUT2D eigenvalue weighted by molar-refractivity contribution is 5.90. The van der Waals surface area contributed by atoms with Gasteiger partial charge in [0, 0.05) is 6.42 Å². The molecule has 1 aromatic rings. The Kier molecular flexibility index (Phi) is 7.28. The zero-order chi connectivity index (χ0) is 16.5. The van der Waals surface area contributed by atoms with Gasteiger partial charge in [-0.25, -0.2) is 4.79 Å². The van der Waals surface area contributed by atoms with Crippen molar-refractivity contribution in [2.75, 3.05) is 13.2 Å². The van der Waals surface area contributed by atoms with Crippen LogP contribution in [0.3, 0.4) is 0 Å². The number of ether oxygens (including phenoxy) is 3. The first-order valence-electron chi connectivity index (χ1n) is 6.88. The number of esters is 2. The molecular formula is C15H18F2O5. The number of rotatable bonds is 8. The third-order valence-electron chi connectivity index (χ3n) is 2.70. The molecule has 0 saturated carbocycles. The summed E-state index contributed by atoms with van der Waals surface area (Å²) >= 11 is 0. The van der Waals surface area contributed by atoms with E-state index in [0.717, 1.165) is 0 Å². The Balaban J connectivity index is 2.90. The van der Waals surface area contributed by atoms with Gasteiger partial charge in [0.2, 0.25) is 0 Å². The topological polar surface area (TPSA) is 61.8 Å². The van der Waals surface area contributed by atoms with E-state index in [4.69, 9.17) is 9.47 Å². The van der Waals surface area contributed by atoms with Crippen LogP contribution in [0, 0.1) is 0 Å². The van der Waals surface area contributed by atoms with Crippen molar-refractivity contribution in [1.29, 1.82) is 0 Å². The highest BCUT2D eigenvalue weighted by Gasteiger charge is 2.15. The van der Waals surface area contributed by atoms with Crippen molar-refractivity contribution in [1.82, 2.24) is 0 Å². The molecule has 5 nitrogen and oxygen atoms in total. The summed E-state index contributed by atoms with van der Waals surface area (Å²) in [7, 11) is 0. The fourth-order valence-corrected chi connectivity index (χ4v) is 1.78. The molecule has 0 spiro atoms. The molecule has 0 heterocycles. The van der Waals surface area contributed by atoms with Gasteiger partial charge in [-0.15, -0.1) is 0 Å². The number of alkyl halides is 2. The lowest BCUT2D eigenvalue weighted by Crippen LogP contribution is -2.10. The number of aryl methyl sites for hydroxylation is 1. The summed E-state index contributed by atoms with van der Waals surface area (Å²) in [6.45, 7) is 0.716. The second-order valence-corrected chi connectivity index (χ2v) is 4.23. The third-order valence-corrected chi connectivity index (χ3v) is 2.70. The fourth-order valence-electron chi connectivity index (χ4n) is 1.78. The predicted molar refractivity (Wildman–Crippen MR) is 74.0 cm³/mol. The van der Waals surface area contributed by atoms with Gasteiger partial charge in [-0.2, -0.15) is 8.78 Å². The van der Waals surface area contributed by atoms with Crippen molar-refractivity contribution in [3.63, 3.8) is 0 Å². The van der Waals surface area contributed by atoms with Crippen molar-refractivity contribution < 1.29 is 32.6 Å². The minimum atomic E-state index is -3.03. The van der Waals surface area contributed by atoms with E-state index < -0.39 is 18.6 Å². The molecule has 122 valence electrons. The monoisotopic (exact) mass is 316 g/mol. The number of hydrogen-bond acceptors (Lipinski definition) is 5. The normalized spacial score (nSPS) is 10.4. The van der Waals surface area contributed by atoms with E-state index in [1.54, 1.807) is 13.8 Å². The molecule has 0 aromatic heterocycles. The number of halogens is 2. The molecule has 0 N–H and O–H groups in total. The van der Waals surface area contributed by atoms with Gasteiger partial charge < -0.3 is 14.2 Å². The first-order chi connectivity index (χ1) is 10.5. The van der Waals surface area contributed by atoms with E-state index in [1.807, 2.05) is 0 Å². The standard InChI is InChI=1S/C15H18F2O5/c1-3-20-13(18)8-7-10-5-6-11(14(19)21-4-2)9-12(10)22-15(16)17/h5-6,9,15H,3-4,7-8H2,1-2H3. The molecule has 0 fully saturated rings. The Labute approximate surface area is 127 Å². The van der Waals surface area contributed by atoms with E-state index in [0.29, 0.717) is 5.56 Å². The van der Waals surface area contributed by atoms with Crippen LogP contribution in [0.2, 0.25) is 0 Å². The SMILES string of the molecule is CCOC(=O)CCc1ccc(C(=O)OCC)cc1OC(F)F. The summed E-state index contributed by atoms with van der Waals surface area (Å²) in [4.78, 5) is 22.9. The lowest BCUT2D eigenvalue weighted by Gasteiger charge is -2.12. The molecule has 1 aromatic carbocycles. The lowest BCUT2D eigenvalue weighted by molar-refractivity contribution is -0.143. The van der Waals surface area contributed by atoms with Gasteiger partial charge in [-0.3, -0.25) is 4.79 Å². The first kappa shape index (κ1) is 17.9. The molecule has 0 bridgehead atoms. The van der Waals surface area contributed by atoms with Crippen LogP contribution < -0.4 is 4.74 Å². The van der Waals surface area contributed by atoms with Crippen LogP contribution in [-0.4, -0.2) is 31.8 Å². The zero-order valence-corrected chi connectivity index (χ0v) is 12.4. The highest BCUT2D eigenvalue weighted by atomic mass is 19.3. The van der Waals surface area contributed by atoms with Crippen LogP contribution in [-0.2, 0) is 20.7 Å². The quantitative estimate of drug-likeness (QED) is 0.690. The fraction of sp³-hybridized carbons (Fsp3) is 0.467. The molecule has 0 aliphatic rings. The molecule has 0 radical (unpaired) electrons. The predicted octanol–water partition coefficient (Wildman–Crippen LogP) is 2.96. The Morgan fingerprint density at radius 3 is 2.41 bits per heavy atom. The van der Waals surface area contributed by atoms with Gasteiger partial charge in [0.05, 0.1) is 18.8 Å². The summed E-state index contributed by atoms with van der Waals surface area (Å²) in [5, 5.41) is 0. The van der Waals surface area contributed by atoms with E-state index in [9.17, 15) is 18.4 Å². The van der Waals surface area contributed by atoms with E-state index in [-0.39, 0.29) is 37.4 Å². The minimum absolute atomic E-state index is 0.0339. The Hall–Kier alpha value is -2.18. The average molecular weight is 316 g/mol. The second-order valence-electron chi connectivity index (χ2n) is 4.23. The minimum Gasteiger partial charge on any atom is -0.466 e. The summed E-state index contributed by atoms with van der Waals surface area (Å²) in [6, 6.07) is 4.09. The van der Waals surface area contributed by atoms with Crippen molar-refractivity contribution >= 4 is 11.9 Å².